The van der Waals surface area contributed by atoms with Gasteiger partial charge in [-0.15, -0.1) is 5.10 Å². The van der Waals surface area contributed by atoms with Crippen LogP contribution in [0.1, 0.15) is 19.4 Å². The molecule has 0 saturated heterocycles. The summed E-state index contributed by atoms with van der Waals surface area (Å²) in [5, 5.41) is 16.9. The molecule has 3 nitrogen and oxygen atoms in total. The molecule has 0 amide bonds. The Hall–Kier alpha value is -0.670. The van der Waals surface area contributed by atoms with Crippen molar-refractivity contribution < 1.29 is 5.11 Å². The van der Waals surface area contributed by atoms with E-state index in [2.05, 4.69) is 10.2 Å². The van der Waals surface area contributed by atoms with Gasteiger partial charge in [0.25, 0.3) is 0 Å². The number of hydrogen-bond donors (Lipinski definition) is 1. The third-order valence-corrected chi connectivity index (χ3v) is 1.52. The van der Waals surface area contributed by atoms with E-state index >= 15 is 0 Å². The zero-order chi connectivity index (χ0) is 8.48. The van der Waals surface area contributed by atoms with Crippen molar-refractivity contribution in [3.63, 3.8) is 0 Å². The summed E-state index contributed by atoms with van der Waals surface area (Å²) in [4.78, 5) is 0. The van der Waals surface area contributed by atoms with Crippen molar-refractivity contribution >= 4 is 11.6 Å². The molecule has 0 radical (unpaired) electrons. The Kier molecular flexibility index (Phi) is 2.11. The van der Waals surface area contributed by atoms with Crippen LogP contribution in [0.4, 0.5) is 0 Å². The predicted octanol–water partition coefficient (Wildman–Crippen LogP) is 1.36. The molecule has 0 fully saturated rings. The molecule has 0 spiro atoms. The fourth-order valence-electron chi connectivity index (χ4n) is 0.675. The molecule has 1 heterocycles. The van der Waals surface area contributed by atoms with Crippen molar-refractivity contribution in [1.29, 1.82) is 0 Å². The first kappa shape index (κ1) is 8.43. The maximum absolute atomic E-state index is 9.49. The predicted molar refractivity (Wildman–Crippen MR) is 42.3 cm³/mol. The molecule has 0 atom stereocenters. The van der Waals surface area contributed by atoms with Gasteiger partial charge in [0.1, 0.15) is 0 Å². The van der Waals surface area contributed by atoms with E-state index in [1.165, 1.54) is 6.20 Å². The van der Waals surface area contributed by atoms with Crippen molar-refractivity contribution in [3.8, 4) is 0 Å². The normalized spacial score (nSPS) is 11.6. The smallest absolute Gasteiger partial charge is 0.152 e. The van der Waals surface area contributed by atoms with Gasteiger partial charge in [0.15, 0.2) is 5.15 Å². The van der Waals surface area contributed by atoms with Crippen LogP contribution in [0.5, 0.6) is 0 Å². The average Bonchev–Trinajstić information content (AvgIpc) is 1.86. The van der Waals surface area contributed by atoms with Crippen LogP contribution >= 0.6 is 11.6 Å². The summed E-state index contributed by atoms with van der Waals surface area (Å²) in [5.41, 5.74) is -0.239. The standard InChI is InChI=1S/C7H9ClN2O/c1-7(2,11)5-3-6(8)10-9-4-5/h3-4,11H,1-2H3. The Balaban J connectivity index is 3.06. The van der Waals surface area contributed by atoms with Gasteiger partial charge in [-0.1, -0.05) is 11.6 Å². The molecule has 0 saturated carbocycles. The van der Waals surface area contributed by atoms with Gasteiger partial charge in [0, 0.05) is 5.56 Å². The molecule has 1 N–H and O–H groups in total. The molecule has 0 aliphatic heterocycles. The molecule has 11 heavy (non-hydrogen) atoms. The monoisotopic (exact) mass is 172 g/mol. The van der Waals surface area contributed by atoms with E-state index in [1.54, 1.807) is 19.9 Å². The SMILES string of the molecule is CC(C)(O)c1cnnc(Cl)c1. The quantitative estimate of drug-likeness (QED) is 0.696. The molecular weight excluding hydrogens is 164 g/mol. The number of aliphatic hydroxyl groups is 1. The third-order valence-electron chi connectivity index (χ3n) is 1.33. The topological polar surface area (TPSA) is 46.0 Å². The molecule has 0 aromatic carbocycles. The van der Waals surface area contributed by atoms with Gasteiger partial charge in [-0.05, 0) is 19.9 Å². The molecule has 0 aliphatic carbocycles. The number of aromatic nitrogens is 2. The third kappa shape index (κ3) is 2.13. The second kappa shape index (κ2) is 2.75. The second-order valence-corrected chi connectivity index (χ2v) is 3.21. The lowest BCUT2D eigenvalue weighted by Crippen LogP contribution is -2.15. The number of halogens is 1. The lowest BCUT2D eigenvalue weighted by atomic mass is 10.0. The van der Waals surface area contributed by atoms with Gasteiger partial charge in [0.05, 0.1) is 11.8 Å². The molecule has 0 bridgehead atoms. The summed E-state index contributed by atoms with van der Waals surface area (Å²) in [7, 11) is 0. The highest BCUT2D eigenvalue weighted by molar-refractivity contribution is 6.29. The van der Waals surface area contributed by atoms with Crippen LogP contribution in [0.3, 0.4) is 0 Å². The lowest BCUT2D eigenvalue weighted by molar-refractivity contribution is 0.0780. The minimum Gasteiger partial charge on any atom is -0.386 e. The van der Waals surface area contributed by atoms with Gasteiger partial charge in [-0.3, -0.25) is 0 Å². The van der Waals surface area contributed by atoms with Crippen LogP contribution in [0, 0.1) is 0 Å². The van der Waals surface area contributed by atoms with Crippen molar-refractivity contribution in [3.05, 3.63) is 23.0 Å². The Morgan fingerprint density at radius 3 is 2.55 bits per heavy atom. The first-order valence-corrected chi connectivity index (χ1v) is 3.59. The number of nitrogens with zero attached hydrogens (tertiary/aromatic N) is 2. The molecule has 4 heteroatoms. The van der Waals surface area contributed by atoms with Crippen LogP contribution in [-0.4, -0.2) is 15.3 Å². The van der Waals surface area contributed by atoms with E-state index < -0.39 is 5.60 Å². The zero-order valence-electron chi connectivity index (χ0n) is 6.37. The highest BCUT2D eigenvalue weighted by atomic mass is 35.5. The molecular formula is C7H9ClN2O. The van der Waals surface area contributed by atoms with Gasteiger partial charge < -0.3 is 5.11 Å². The Bertz CT molecular complexity index is 257. The van der Waals surface area contributed by atoms with E-state index in [4.69, 9.17) is 11.6 Å². The molecule has 0 aliphatic rings. The Labute approximate surface area is 70.0 Å². The van der Waals surface area contributed by atoms with Crippen LogP contribution in [-0.2, 0) is 5.60 Å². The van der Waals surface area contributed by atoms with E-state index in [-0.39, 0.29) is 0 Å². The molecule has 60 valence electrons. The highest BCUT2D eigenvalue weighted by Crippen LogP contribution is 2.19. The van der Waals surface area contributed by atoms with E-state index in [9.17, 15) is 5.11 Å². The lowest BCUT2D eigenvalue weighted by Gasteiger charge is -2.16. The van der Waals surface area contributed by atoms with Crippen LogP contribution in [0.2, 0.25) is 5.15 Å². The van der Waals surface area contributed by atoms with Crippen molar-refractivity contribution in [2.45, 2.75) is 19.4 Å². The minimum absolute atomic E-state index is 0.296. The summed E-state index contributed by atoms with van der Waals surface area (Å²) >= 11 is 5.57. The molecule has 1 rings (SSSR count). The highest BCUT2D eigenvalue weighted by Gasteiger charge is 2.16. The number of hydrogen-bond acceptors (Lipinski definition) is 3. The minimum atomic E-state index is -0.903. The maximum Gasteiger partial charge on any atom is 0.152 e. The van der Waals surface area contributed by atoms with Crippen LogP contribution < -0.4 is 0 Å². The summed E-state index contributed by atoms with van der Waals surface area (Å²) in [6.45, 7) is 3.33. The summed E-state index contributed by atoms with van der Waals surface area (Å²) in [5.74, 6) is 0. The summed E-state index contributed by atoms with van der Waals surface area (Å²) in [6, 6.07) is 1.59. The van der Waals surface area contributed by atoms with E-state index in [1.807, 2.05) is 0 Å². The fraction of sp³-hybridized carbons (Fsp3) is 0.429. The van der Waals surface area contributed by atoms with Gasteiger partial charge >= 0.3 is 0 Å². The maximum atomic E-state index is 9.49. The Morgan fingerprint density at radius 2 is 2.18 bits per heavy atom. The first-order chi connectivity index (χ1) is 5.00. The van der Waals surface area contributed by atoms with Crippen LogP contribution in [0.15, 0.2) is 12.3 Å². The first-order valence-electron chi connectivity index (χ1n) is 3.21. The van der Waals surface area contributed by atoms with E-state index in [0.717, 1.165) is 0 Å². The molecule has 1 aromatic rings. The summed E-state index contributed by atoms with van der Waals surface area (Å²) < 4.78 is 0. The van der Waals surface area contributed by atoms with E-state index in [0.29, 0.717) is 10.7 Å². The average molecular weight is 173 g/mol. The van der Waals surface area contributed by atoms with Gasteiger partial charge in [-0.2, -0.15) is 5.10 Å². The Morgan fingerprint density at radius 1 is 1.55 bits per heavy atom. The van der Waals surface area contributed by atoms with Gasteiger partial charge in [-0.25, -0.2) is 0 Å². The van der Waals surface area contributed by atoms with Crippen molar-refractivity contribution in [2.24, 2.45) is 0 Å². The largest absolute Gasteiger partial charge is 0.386 e. The molecule has 1 aromatic heterocycles. The van der Waals surface area contributed by atoms with Crippen molar-refractivity contribution in [1.82, 2.24) is 10.2 Å². The fourth-order valence-corrected chi connectivity index (χ4v) is 0.836. The van der Waals surface area contributed by atoms with Crippen LogP contribution in [0.25, 0.3) is 0 Å². The molecule has 0 unspecified atom stereocenters. The second-order valence-electron chi connectivity index (χ2n) is 2.83. The van der Waals surface area contributed by atoms with Crippen molar-refractivity contribution in [2.75, 3.05) is 0 Å². The zero-order valence-corrected chi connectivity index (χ0v) is 7.13. The van der Waals surface area contributed by atoms with Gasteiger partial charge in [0.2, 0.25) is 0 Å². The summed E-state index contributed by atoms with van der Waals surface area (Å²) in [6.07, 6.45) is 1.49. The number of rotatable bonds is 1.